The lowest BCUT2D eigenvalue weighted by atomic mass is 9.95. The lowest BCUT2D eigenvalue weighted by molar-refractivity contribution is -0.137. The fraction of sp³-hybridized carbons (Fsp3) is 0.481. The van der Waals surface area contributed by atoms with Gasteiger partial charge < -0.3 is 14.2 Å². The highest BCUT2D eigenvalue weighted by Gasteiger charge is 2.37. The third kappa shape index (κ3) is 5.51. The maximum atomic E-state index is 13.8. The Morgan fingerprint density at radius 1 is 1.20 bits per heavy atom. The van der Waals surface area contributed by atoms with Gasteiger partial charge in [0, 0.05) is 18.7 Å². The van der Waals surface area contributed by atoms with E-state index >= 15 is 0 Å². The number of carbonyl (C=O) groups is 1. The highest BCUT2D eigenvalue weighted by molar-refractivity contribution is 6.33. The van der Waals surface area contributed by atoms with Gasteiger partial charge in [-0.1, -0.05) is 31.4 Å². The number of benzene rings is 1. The predicted molar refractivity (Wildman–Crippen MR) is 139 cm³/mol. The molecule has 2 aliphatic rings. The fourth-order valence-electron chi connectivity index (χ4n) is 5.30. The average Bonchev–Trinajstić information content (AvgIpc) is 3.36. The number of nitrogens with zero attached hydrogens (tertiary/aromatic N) is 5. The SMILES string of the molecule is CCCCC1CCC(n2ncc(N3CCn4c(C(=O)c5cc(F)ccc5C(F)(F)F)cnc4C3)c(Cl)c2=O)OC1. The average molecular weight is 582 g/mol. The summed E-state index contributed by atoms with van der Waals surface area (Å²) in [5, 5.41) is 4.29. The monoisotopic (exact) mass is 581 g/mol. The molecule has 0 saturated carbocycles. The van der Waals surface area contributed by atoms with Crippen molar-refractivity contribution >= 4 is 23.1 Å². The molecule has 2 atom stereocenters. The summed E-state index contributed by atoms with van der Waals surface area (Å²) in [5.41, 5.74) is -2.19. The number of imidazole rings is 1. The lowest BCUT2D eigenvalue weighted by Gasteiger charge is -2.32. The Labute approximate surface area is 232 Å². The van der Waals surface area contributed by atoms with Crippen molar-refractivity contribution in [3.8, 4) is 0 Å². The van der Waals surface area contributed by atoms with E-state index in [1.807, 2.05) is 0 Å². The Balaban J connectivity index is 1.34. The van der Waals surface area contributed by atoms with E-state index in [4.69, 9.17) is 16.3 Å². The Morgan fingerprint density at radius 3 is 2.70 bits per heavy atom. The molecule has 1 aromatic carbocycles. The number of ketones is 1. The summed E-state index contributed by atoms with van der Waals surface area (Å²) in [6.07, 6.45) is 2.30. The number of alkyl halides is 3. The molecule has 0 amide bonds. The third-order valence-electron chi connectivity index (χ3n) is 7.48. The summed E-state index contributed by atoms with van der Waals surface area (Å²) in [6, 6.07) is 1.81. The maximum absolute atomic E-state index is 13.8. The van der Waals surface area contributed by atoms with Gasteiger partial charge in [-0.3, -0.25) is 9.59 Å². The van der Waals surface area contributed by atoms with Crippen LogP contribution in [-0.2, 0) is 24.0 Å². The van der Waals surface area contributed by atoms with Crippen molar-refractivity contribution in [2.45, 2.75) is 64.5 Å². The number of unbranched alkanes of at least 4 members (excludes halogenated alkanes) is 1. The summed E-state index contributed by atoms with van der Waals surface area (Å²) in [4.78, 5) is 32.2. The minimum atomic E-state index is -4.83. The number of halogens is 5. The van der Waals surface area contributed by atoms with Gasteiger partial charge in [-0.25, -0.2) is 9.37 Å². The number of aromatic nitrogens is 4. The van der Waals surface area contributed by atoms with Crippen molar-refractivity contribution in [2.75, 3.05) is 18.1 Å². The van der Waals surface area contributed by atoms with Gasteiger partial charge >= 0.3 is 6.18 Å². The number of carbonyl (C=O) groups excluding carboxylic acids is 1. The first-order chi connectivity index (χ1) is 19.1. The van der Waals surface area contributed by atoms with Crippen LogP contribution in [0.1, 0.15) is 72.7 Å². The number of hydrogen-bond donors (Lipinski definition) is 0. The topological polar surface area (TPSA) is 82.3 Å². The van der Waals surface area contributed by atoms with Gasteiger partial charge in [-0.15, -0.1) is 0 Å². The van der Waals surface area contributed by atoms with Crippen LogP contribution in [0.5, 0.6) is 0 Å². The minimum absolute atomic E-state index is 0.0300. The second-order valence-electron chi connectivity index (χ2n) is 10.1. The second kappa shape index (κ2) is 11.3. The van der Waals surface area contributed by atoms with Crippen molar-refractivity contribution in [2.24, 2.45) is 5.92 Å². The van der Waals surface area contributed by atoms with Crippen LogP contribution in [0.25, 0.3) is 0 Å². The standard InChI is InChI=1S/C27H28ClF4N5O3/c1-2-3-4-16-5-8-23(40-15-16)37-26(39)24(28)20(13-34-37)35-9-10-36-21(12-33-22(36)14-35)25(38)18-11-17(29)6-7-19(18)27(30,31)32/h6-7,11-13,16,23H,2-5,8-10,14-15H2,1H3. The predicted octanol–water partition coefficient (Wildman–Crippen LogP) is 5.62. The Kier molecular flexibility index (Phi) is 8.01. The van der Waals surface area contributed by atoms with Crippen molar-refractivity contribution < 1.29 is 27.1 Å². The molecule has 3 aromatic rings. The van der Waals surface area contributed by atoms with E-state index in [1.54, 1.807) is 4.90 Å². The fourth-order valence-corrected chi connectivity index (χ4v) is 5.56. The molecule has 0 radical (unpaired) electrons. The van der Waals surface area contributed by atoms with E-state index in [1.165, 1.54) is 21.6 Å². The Hall–Kier alpha value is -3.25. The van der Waals surface area contributed by atoms with Crippen LogP contribution in [0.3, 0.4) is 0 Å². The maximum Gasteiger partial charge on any atom is 0.417 e. The van der Waals surface area contributed by atoms with Gasteiger partial charge in [0.15, 0.2) is 6.23 Å². The third-order valence-corrected chi connectivity index (χ3v) is 7.83. The zero-order chi connectivity index (χ0) is 28.6. The molecule has 8 nitrogen and oxygen atoms in total. The lowest BCUT2D eigenvalue weighted by Crippen LogP contribution is -2.38. The number of rotatable bonds is 7. The highest BCUT2D eigenvalue weighted by Crippen LogP contribution is 2.34. The molecule has 2 unspecified atom stereocenters. The molecule has 40 heavy (non-hydrogen) atoms. The van der Waals surface area contributed by atoms with Gasteiger partial charge in [0.05, 0.1) is 36.8 Å². The van der Waals surface area contributed by atoms with E-state index in [0.717, 1.165) is 25.7 Å². The molecular weight excluding hydrogens is 554 g/mol. The first kappa shape index (κ1) is 28.3. The molecule has 0 bridgehead atoms. The summed E-state index contributed by atoms with van der Waals surface area (Å²) in [6.45, 7) is 3.30. The van der Waals surface area contributed by atoms with Gasteiger partial charge in [-0.2, -0.15) is 23.0 Å². The van der Waals surface area contributed by atoms with Crippen molar-refractivity contribution in [1.82, 2.24) is 19.3 Å². The number of ether oxygens (including phenoxy) is 1. The first-order valence-electron chi connectivity index (χ1n) is 13.2. The second-order valence-corrected chi connectivity index (χ2v) is 10.5. The molecule has 0 aliphatic carbocycles. The smallest absolute Gasteiger partial charge is 0.360 e. The number of hydrogen-bond acceptors (Lipinski definition) is 6. The van der Waals surface area contributed by atoms with Crippen molar-refractivity contribution in [3.05, 3.63) is 74.4 Å². The van der Waals surface area contributed by atoms with E-state index < -0.39 is 40.7 Å². The van der Waals surface area contributed by atoms with Gasteiger partial charge in [0.1, 0.15) is 22.4 Å². The molecule has 0 spiro atoms. The van der Waals surface area contributed by atoms with Gasteiger partial charge in [0.25, 0.3) is 5.56 Å². The quantitative estimate of drug-likeness (QED) is 0.266. The molecule has 2 aliphatic heterocycles. The zero-order valence-corrected chi connectivity index (χ0v) is 22.5. The van der Waals surface area contributed by atoms with E-state index in [9.17, 15) is 27.2 Å². The summed E-state index contributed by atoms with van der Waals surface area (Å²) >= 11 is 6.49. The van der Waals surface area contributed by atoms with Crippen LogP contribution in [0.2, 0.25) is 5.02 Å². The van der Waals surface area contributed by atoms with Crippen LogP contribution in [-0.4, -0.2) is 38.3 Å². The van der Waals surface area contributed by atoms with Gasteiger partial charge in [0.2, 0.25) is 5.78 Å². The largest absolute Gasteiger partial charge is 0.417 e. The number of fused-ring (bicyclic) bond motifs is 1. The summed E-state index contributed by atoms with van der Waals surface area (Å²) in [7, 11) is 0. The highest BCUT2D eigenvalue weighted by atomic mass is 35.5. The van der Waals surface area contributed by atoms with Crippen molar-refractivity contribution in [1.29, 1.82) is 0 Å². The Morgan fingerprint density at radius 2 is 2.00 bits per heavy atom. The van der Waals surface area contributed by atoms with Crippen molar-refractivity contribution in [3.63, 3.8) is 0 Å². The minimum Gasteiger partial charge on any atom is -0.360 e. The van der Waals surface area contributed by atoms with Crippen LogP contribution < -0.4 is 10.5 Å². The molecule has 5 rings (SSSR count). The van der Waals surface area contributed by atoms with Crippen LogP contribution in [0, 0.1) is 11.7 Å². The number of anilines is 1. The Bertz CT molecular complexity index is 1460. The molecule has 1 saturated heterocycles. The van der Waals surface area contributed by atoms with Crippen LogP contribution >= 0.6 is 11.6 Å². The van der Waals surface area contributed by atoms with Crippen LogP contribution in [0.4, 0.5) is 23.2 Å². The molecule has 214 valence electrons. The molecule has 4 heterocycles. The molecule has 2 aromatic heterocycles. The molecular formula is C27H28ClF4N5O3. The van der Waals surface area contributed by atoms with E-state index in [0.29, 0.717) is 48.7 Å². The molecule has 13 heteroatoms. The van der Waals surface area contributed by atoms with Crippen LogP contribution in [0.15, 0.2) is 35.4 Å². The first-order valence-corrected chi connectivity index (χ1v) is 13.6. The molecule has 0 N–H and O–H groups in total. The molecule has 1 fully saturated rings. The van der Waals surface area contributed by atoms with Gasteiger partial charge in [-0.05, 0) is 43.4 Å². The normalized spacial score (nSPS) is 19.5. The summed E-state index contributed by atoms with van der Waals surface area (Å²) < 4.78 is 62.9. The summed E-state index contributed by atoms with van der Waals surface area (Å²) in [5.74, 6) is -1.08. The van der Waals surface area contributed by atoms with E-state index in [2.05, 4.69) is 17.0 Å². The zero-order valence-electron chi connectivity index (χ0n) is 21.8. The van der Waals surface area contributed by atoms with E-state index in [-0.39, 0.29) is 30.4 Å².